The average Bonchev–Trinajstić information content (AvgIpc) is 1.68. The van der Waals surface area contributed by atoms with Gasteiger partial charge < -0.3 is 8.99 Å². The zero-order valence-corrected chi connectivity index (χ0v) is 7.39. The Kier molecular flexibility index (Phi) is 5.37. The Balaban J connectivity index is 2.92. The molecule has 0 aliphatic carbocycles. The van der Waals surface area contributed by atoms with Gasteiger partial charge in [0.05, 0.1) is 0 Å². The average molecular weight is 133 g/mol. The van der Waals surface area contributed by atoms with Gasteiger partial charge >= 0.3 is 0 Å². The third-order valence-corrected chi connectivity index (χ3v) is 1.97. The van der Waals surface area contributed by atoms with E-state index in [1.807, 2.05) is 0 Å². The van der Waals surface area contributed by atoms with Crippen LogP contribution in [0.3, 0.4) is 0 Å². The van der Waals surface area contributed by atoms with Crippen molar-refractivity contribution in [1.82, 2.24) is 4.57 Å². The van der Waals surface area contributed by atoms with E-state index >= 15 is 0 Å². The number of hydrogen-bond acceptors (Lipinski definition) is 2. The summed E-state index contributed by atoms with van der Waals surface area (Å²) in [4.78, 5) is 0. The van der Waals surface area contributed by atoms with Crippen molar-refractivity contribution < 1.29 is 4.43 Å². The maximum absolute atomic E-state index is 5.02. The number of hydrogen-bond donors (Lipinski definition) is 0. The van der Waals surface area contributed by atoms with Crippen molar-refractivity contribution in [3.63, 3.8) is 0 Å². The molecular formula is C5H15NOSi. The fourth-order valence-corrected chi connectivity index (χ4v) is 1.55. The molecule has 0 amide bonds. The van der Waals surface area contributed by atoms with Crippen molar-refractivity contribution >= 4 is 9.92 Å². The van der Waals surface area contributed by atoms with Crippen LogP contribution >= 0.6 is 0 Å². The van der Waals surface area contributed by atoms with E-state index in [1.165, 1.54) is 13.0 Å². The SMILES string of the molecule is CCCN(C)[SiH2]OC. The molecule has 0 N–H and O–H groups in total. The molecule has 0 unspecified atom stereocenters. The molecule has 0 aromatic heterocycles. The van der Waals surface area contributed by atoms with Gasteiger partial charge in [0.1, 0.15) is 0 Å². The van der Waals surface area contributed by atoms with Gasteiger partial charge in [0.25, 0.3) is 0 Å². The molecule has 0 rings (SSSR count). The van der Waals surface area contributed by atoms with Crippen LogP contribution in [0.2, 0.25) is 0 Å². The zero-order chi connectivity index (χ0) is 6.41. The maximum atomic E-state index is 5.02. The van der Waals surface area contributed by atoms with E-state index in [-0.39, 0.29) is 9.92 Å². The number of nitrogens with zero attached hydrogens (tertiary/aromatic N) is 1. The van der Waals surface area contributed by atoms with E-state index in [4.69, 9.17) is 4.43 Å². The molecule has 0 saturated heterocycles. The Labute approximate surface area is 53.9 Å². The van der Waals surface area contributed by atoms with Crippen LogP contribution in [0.25, 0.3) is 0 Å². The van der Waals surface area contributed by atoms with E-state index in [2.05, 4.69) is 18.5 Å². The van der Waals surface area contributed by atoms with Crippen molar-refractivity contribution in [2.75, 3.05) is 20.7 Å². The van der Waals surface area contributed by atoms with Crippen molar-refractivity contribution in [2.45, 2.75) is 13.3 Å². The van der Waals surface area contributed by atoms with Gasteiger partial charge in [-0.15, -0.1) is 0 Å². The molecule has 8 heavy (non-hydrogen) atoms. The number of rotatable bonds is 4. The summed E-state index contributed by atoms with van der Waals surface area (Å²) in [7, 11) is 3.55. The first kappa shape index (κ1) is 8.14. The highest BCUT2D eigenvalue weighted by Crippen LogP contribution is 1.81. The Hall–Kier alpha value is 0.137. The lowest BCUT2D eigenvalue weighted by Crippen LogP contribution is -2.24. The quantitative estimate of drug-likeness (QED) is 0.500. The first-order valence-corrected chi connectivity index (χ1v) is 4.19. The van der Waals surface area contributed by atoms with Crippen LogP contribution in [0.4, 0.5) is 0 Å². The third kappa shape index (κ3) is 4.30. The highest BCUT2D eigenvalue weighted by Gasteiger charge is 1.92. The van der Waals surface area contributed by atoms with Gasteiger partial charge in [-0.1, -0.05) is 6.92 Å². The summed E-state index contributed by atoms with van der Waals surface area (Å²) in [5.41, 5.74) is 0. The minimum absolute atomic E-state index is 0.332. The lowest BCUT2D eigenvalue weighted by atomic mass is 10.5. The summed E-state index contributed by atoms with van der Waals surface area (Å²) in [6.45, 7) is 3.36. The first-order chi connectivity index (χ1) is 3.81. The summed E-state index contributed by atoms with van der Waals surface area (Å²) in [6.07, 6.45) is 1.23. The van der Waals surface area contributed by atoms with Crippen molar-refractivity contribution in [1.29, 1.82) is 0 Å². The molecule has 50 valence electrons. The maximum Gasteiger partial charge on any atom is 0.237 e. The predicted octanol–water partition coefficient (Wildman–Crippen LogP) is -0.0266. The second kappa shape index (κ2) is 5.28. The molecule has 0 aliphatic heterocycles. The van der Waals surface area contributed by atoms with Crippen molar-refractivity contribution in [3.8, 4) is 0 Å². The standard InChI is InChI=1S/C5H15NOSi/c1-4-5-6(2)8-7-3/h4-5,8H2,1-3H3. The van der Waals surface area contributed by atoms with E-state index in [9.17, 15) is 0 Å². The molecule has 0 heterocycles. The molecule has 0 aromatic rings. The van der Waals surface area contributed by atoms with E-state index < -0.39 is 0 Å². The van der Waals surface area contributed by atoms with Crippen LogP contribution in [-0.4, -0.2) is 35.2 Å². The van der Waals surface area contributed by atoms with Gasteiger partial charge in [-0.2, -0.15) is 0 Å². The summed E-state index contributed by atoms with van der Waals surface area (Å²) in [5, 5.41) is 0. The van der Waals surface area contributed by atoms with Crippen LogP contribution in [0.5, 0.6) is 0 Å². The van der Waals surface area contributed by atoms with E-state index in [0.29, 0.717) is 0 Å². The van der Waals surface area contributed by atoms with Gasteiger partial charge in [-0.05, 0) is 20.0 Å². The van der Waals surface area contributed by atoms with Crippen LogP contribution in [-0.2, 0) is 4.43 Å². The first-order valence-electron chi connectivity index (χ1n) is 2.98. The monoisotopic (exact) mass is 133 g/mol. The molecule has 0 atom stereocenters. The Morgan fingerprint density at radius 1 is 1.62 bits per heavy atom. The highest BCUT2D eigenvalue weighted by molar-refractivity contribution is 6.23. The van der Waals surface area contributed by atoms with Gasteiger partial charge in [0.2, 0.25) is 9.92 Å². The summed E-state index contributed by atoms with van der Waals surface area (Å²) >= 11 is 0. The predicted molar refractivity (Wildman–Crippen MR) is 38.5 cm³/mol. The molecule has 0 radical (unpaired) electrons. The van der Waals surface area contributed by atoms with Crippen LogP contribution in [0.1, 0.15) is 13.3 Å². The normalized spacial score (nSPS) is 12.0. The molecule has 0 fully saturated rings. The summed E-state index contributed by atoms with van der Waals surface area (Å²) < 4.78 is 7.30. The van der Waals surface area contributed by atoms with Crippen molar-refractivity contribution in [2.24, 2.45) is 0 Å². The van der Waals surface area contributed by atoms with Gasteiger partial charge in [0.15, 0.2) is 0 Å². The second-order valence-corrected chi connectivity index (χ2v) is 3.91. The van der Waals surface area contributed by atoms with Crippen LogP contribution in [0.15, 0.2) is 0 Å². The highest BCUT2D eigenvalue weighted by atomic mass is 28.2. The van der Waals surface area contributed by atoms with Crippen LogP contribution in [0, 0.1) is 0 Å². The summed E-state index contributed by atoms with van der Waals surface area (Å²) in [5.74, 6) is 0. The van der Waals surface area contributed by atoms with E-state index in [1.54, 1.807) is 7.11 Å². The molecule has 0 aromatic carbocycles. The summed E-state index contributed by atoms with van der Waals surface area (Å²) in [6, 6.07) is 0. The minimum Gasteiger partial charge on any atom is -0.411 e. The molecular weight excluding hydrogens is 118 g/mol. The lowest BCUT2D eigenvalue weighted by Gasteiger charge is -2.11. The van der Waals surface area contributed by atoms with Crippen LogP contribution < -0.4 is 0 Å². The molecule has 2 nitrogen and oxygen atoms in total. The Morgan fingerprint density at radius 3 is 2.62 bits per heavy atom. The molecule has 3 heteroatoms. The molecule has 0 bridgehead atoms. The largest absolute Gasteiger partial charge is 0.411 e. The fraction of sp³-hybridized carbons (Fsp3) is 1.00. The Bertz CT molecular complexity index is 45.7. The lowest BCUT2D eigenvalue weighted by molar-refractivity contribution is 0.368. The molecule has 0 spiro atoms. The van der Waals surface area contributed by atoms with E-state index in [0.717, 1.165) is 0 Å². The second-order valence-electron chi connectivity index (χ2n) is 2.00. The van der Waals surface area contributed by atoms with Gasteiger partial charge in [-0.25, -0.2) is 0 Å². The molecule has 0 saturated carbocycles. The minimum atomic E-state index is -0.332. The van der Waals surface area contributed by atoms with Gasteiger partial charge in [0, 0.05) is 7.11 Å². The molecule has 0 aliphatic rings. The smallest absolute Gasteiger partial charge is 0.237 e. The zero-order valence-electron chi connectivity index (χ0n) is 5.98. The Morgan fingerprint density at radius 2 is 2.25 bits per heavy atom. The topological polar surface area (TPSA) is 12.5 Å². The third-order valence-electron chi connectivity index (χ3n) is 0.955. The fourth-order valence-electron chi connectivity index (χ4n) is 0.667. The van der Waals surface area contributed by atoms with Gasteiger partial charge in [-0.3, -0.25) is 0 Å². The van der Waals surface area contributed by atoms with Crippen molar-refractivity contribution in [3.05, 3.63) is 0 Å².